The molecular formula is C29H27F5N4O. The third-order valence-corrected chi connectivity index (χ3v) is 7.48. The van der Waals surface area contributed by atoms with E-state index in [2.05, 4.69) is 15.2 Å². The van der Waals surface area contributed by atoms with Crippen molar-refractivity contribution >= 4 is 17.8 Å². The van der Waals surface area contributed by atoms with Crippen LogP contribution in [0.2, 0.25) is 0 Å². The maximum absolute atomic E-state index is 13.5. The molecule has 0 aliphatic carbocycles. The van der Waals surface area contributed by atoms with Gasteiger partial charge in [-0.05, 0) is 79.0 Å². The molecule has 5 rings (SSSR count). The van der Waals surface area contributed by atoms with Gasteiger partial charge in [-0.1, -0.05) is 30.4 Å². The van der Waals surface area contributed by atoms with Gasteiger partial charge in [0.1, 0.15) is 5.82 Å². The Kier molecular flexibility index (Phi) is 7.40. The van der Waals surface area contributed by atoms with Gasteiger partial charge in [-0.25, -0.2) is 14.2 Å². The Morgan fingerprint density at radius 1 is 1.03 bits per heavy atom. The molecule has 1 fully saturated rings. The van der Waals surface area contributed by atoms with Crippen LogP contribution in [0.15, 0.2) is 66.9 Å². The Balaban J connectivity index is 1.30. The predicted octanol–water partition coefficient (Wildman–Crippen LogP) is 6.16. The van der Waals surface area contributed by atoms with Crippen LogP contribution in [0.3, 0.4) is 0 Å². The highest BCUT2D eigenvalue weighted by Gasteiger charge is 2.47. The summed E-state index contributed by atoms with van der Waals surface area (Å²) >= 11 is 0. The SMILES string of the molecule is O=C(NCc1ccnc(F)c1)N1CC2(CCN(CC=Cc3ccc(F)cc3)CC2)c2ccc(C(F)(F)F)cc21. The summed E-state index contributed by atoms with van der Waals surface area (Å²) in [6.07, 6.45) is 2.03. The van der Waals surface area contributed by atoms with E-state index in [1.165, 1.54) is 35.4 Å². The number of amides is 2. The summed E-state index contributed by atoms with van der Waals surface area (Å²) in [6.45, 7) is 2.38. The predicted molar refractivity (Wildman–Crippen MR) is 138 cm³/mol. The summed E-state index contributed by atoms with van der Waals surface area (Å²) in [5.74, 6) is -0.969. The molecule has 5 nitrogen and oxygen atoms in total. The van der Waals surface area contributed by atoms with Crippen LogP contribution in [0, 0.1) is 11.8 Å². The van der Waals surface area contributed by atoms with Gasteiger partial charge < -0.3 is 5.32 Å². The second kappa shape index (κ2) is 10.8. The Labute approximate surface area is 223 Å². The van der Waals surface area contributed by atoms with Crippen LogP contribution in [-0.2, 0) is 18.1 Å². The number of alkyl halides is 3. The van der Waals surface area contributed by atoms with Crippen molar-refractivity contribution < 1.29 is 26.7 Å². The Morgan fingerprint density at radius 3 is 2.46 bits per heavy atom. The topological polar surface area (TPSA) is 48.5 Å². The first-order valence-corrected chi connectivity index (χ1v) is 12.6. The lowest BCUT2D eigenvalue weighted by Crippen LogP contribution is -2.47. The monoisotopic (exact) mass is 542 g/mol. The number of benzene rings is 2. The molecule has 1 spiro atoms. The molecule has 39 heavy (non-hydrogen) atoms. The second-order valence-electron chi connectivity index (χ2n) is 10.00. The standard InChI is InChI=1S/C29H27F5N4O/c30-23-6-3-20(4-7-23)2-1-13-37-14-10-28(11-15-37)19-38(25-17-22(29(32,33)34)5-8-24(25)28)27(39)36-18-21-9-12-35-26(31)16-21/h1-9,12,16-17H,10-11,13-15,18-19H2,(H,36,39). The number of aromatic nitrogens is 1. The average Bonchev–Trinajstić information content (AvgIpc) is 3.22. The lowest BCUT2D eigenvalue weighted by atomic mass is 9.74. The van der Waals surface area contributed by atoms with Crippen molar-refractivity contribution in [1.82, 2.24) is 15.2 Å². The van der Waals surface area contributed by atoms with E-state index in [-0.39, 0.29) is 24.6 Å². The molecule has 1 N–H and O–H groups in total. The number of nitrogens with zero attached hydrogens (tertiary/aromatic N) is 3. The number of carbonyl (C=O) groups excluding carboxylic acids is 1. The first kappa shape index (κ1) is 26.8. The third kappa shape index (κ3) is 5.95. The molecule has 3 aromatic rings. The Morgan fingerprint density at radius 2 is 1.77 bits per heavy atom. The largest absolute Gasteiger partial charge is 0.416 e. The van der Waals surface area contributed by atoms with E-state index in [0.717, 1.165) is 23.3 Å². The number of likely N-dealkylation sites (tertiary alicyclic amines) is 1. The Bertz CT molecular complexity index is 1360. The van der Waals surface area contributed by atoms with Crippen molar-refractivity contribution in [3.63, 3.8) is 0 Å². The van der Waals surface area contributed by atoms with Crippen LogP contribution in [-0.4, -0.2) is 42.1 Å². The van der Waals surface area contributed by atoms with Crippen molar-refractivity contribution in [2.24, 2.45) is 0 Å². The van der Waals surface area contributed by atoms with Crippen LogP contribution in [0.25, 0.3) is 6.08 Å². The van der Waals surface area contributed by atoms with Crippen molar-refractivity contribution in [2.45, 2.75) is 31.0 Å². The van der Waals surface area contributed by atoms with Gasteiger partial charge in [0, 0.05) is 36.9 Å². The fourth-order valence-corrected chi connectivity index (χ4v) is 5.36. The van der Waals surface area contributed by atoms with Crippen molar-refractivity contribution in [3.05, 3.63) is 101 Å². The van der Waals surface area contributed by atoms with E-state index >= 15 is 0 Å². The molecule has 0 saturated carbocycles. The van der Waals surface area contributed by atoms with E-state index in [0.29, 0.717) is 38.0 Å². The molecule has 2 aliphatic rings. The lowest BCUT2D eigenvalue weighted by Gasteiger charge is -2.39. The average molecular weight is 543 g/mol. The van der Waals surface area contributed by atoms with Gasteiger partial charge in [0.25, 0.3) is 0 Å². The molecule has 0 radical (unpaired) electrons. The van der Waals surface area contributed by atoms with Gasteiger partial charge in [-0.2, -0.15) is 17.6 Å². The van der Waals surface area contributed by atoms with Crippen molar-refractivity contribution in [1.29, 1.82) is 0 Å². The first-order chi connectivity index (χ1) is 18.6. The molecule has 2 amide bonds. The molecule has 0 bridgehead atoms. The van der Waals surface area contributed by atoms with E-state index in [1.54, 1.807) is 18.2 Å². The number of urea groups is 1. The minimum absolute atomic E-state index is 0.0181. The molecular weight excluding hydrogens is 515 g/mol. The normalized spacial score (nSPS) is 17.1. The number of hydrogen-bond acceptors (Lipinski definition) is 3. The van der Waals surface area contributed by atoms with Gasteiger partial charge in [0.2, 0.25) is 5.95 Å². The summed E-state index contributed by atoms with van der Waals surface area (Å²) < 4.78 is 67.2. The summed E-state index contributed by atoms with van der Waals surface area (Å²) in [5.41, 5.74) is 1.12. The van der Waals surface area contributed by atoms with Crippen LogP contribution < -0.4 is 10.2 Å². The maximum Gasteiger partial charge on any atom is 0.416 e. The molecule has 10 heteroatoms. The van der Waals surface area contributed by atoms with Gasteiger partial charge >= 0.3 is 12.2 Å². The first-order valence-electron chi connectivity index (χ1n) is 12.6. The smallest absolute Gasteiger partial charge is 0.334 e. The maximum atomic E-state index is 13.5. The van der Waals surface area contributed by atoms with Crippen LogP contribution in [0.4, 0.5) is 32.4 Å². The molecule has 0 atom stereocenters. The zero-order chi connectivity index (χ0) is 27.6. The zero-order valence-corrected chi connectivity index (χ0v) is 21.0. The van der Waals surface area contributed by atoms with Crippen LogP contribution >= 0.6 is 0 Å². The van der Waals surface area contributed by atoms with Crippen molar-refractivity contribution in [3.8, 4) is 0 Å². The summed E-state index contributed by atoms with van der Waals surface area (Å²) in [5, 5.41) is 2.71. The zero-order valence-electron chi connectivity index (χ0n) is 21.0. The van der Waals surface area contributed by atoms with Gasteiger partial charge in [0.15, 0.2) is 0 Å². The third-order valence-electron chi connectivity index (χ3n) is 7.48. The number of pyridine rings is 1. The van der Waals surface area contributed by atoms with E-state index in [9.17, 15) is 26.7 Å². The van der Waals surface area contributed by atoms with E-state index in [1.807, 2.05) is 12.2 Å². The van der Waals surface area contributed by atoms with Gasteiger partial charge in [-0.15, -0.1) is 0 Å². The number of rotatable bonds is 5. The highest BCUT2D eigenvalue weighted by atomic mass is 19.4. The fraction of sp³-hybridized carbons (Fsp3) is 0.310. The van der Waals surface area contributed by atoms with Gasteiger partial charge in [0.05, 0.1) is 5.56 Å². The molecule has 1 aromatic heterocycles. The number of carbonyl (C=O) groups is 1. The molecule has 0 unspecified atom stereocenters. The summed E-state index contributed by atoms with van der Waals surface area (Å²) in [4.78, 5) is 20.3. The van der Waals surface area contributed by atoms with Crippen LogP contribution in [0.1, 0.15) is 35.1 Å². The Hall–Kier alpha value is -3.79. The van der Waals surface area contributed by atoms with Gasteiger partial charge in [-0.3, -0.25) is 9.80 Å². The summed E-state index contributed by atoms with van der Waals surface area (Å²) in [6, 6.07) is 12.1. The minimum atomic E-state index is -4.54. The van der Waals surface area contributed by atoms with E-state index in [4.69, 9.17) is 0 Å². The number of fused-ring (bicyclic) bond motifs is 2. The highest BCUT2D eigenvalue weighted by molar-refractivity contribution is 5.95. The second-order valence-corrected chi connectivity index (χ2v) is 10.00. The molecule has 1 saturated heterocycles. The number of piperidine rings is 1. The number of halogens is 5. The molecule has 204 valence electrons. The fourth-order valence-electron chi connectivity index (χ4n) is 5.36. The van der Waals surface area contributed by atoms with E-state index < -0.39 is 29.1 Å². The quantitative estimate of drug-likeness (QED) is 0.311. The number of anilines is 1. The minimum Gasteiger partial charge on any atom is -0.334 e. The summed E-state index contributed by atoms with van der Waals surface area (Å²) in [7, 11) is 0. The van der Waals surface area contributed by atoms with Crippen LogP contribution in [0.5, 0.6) is 0 Å². The number of nitrogens with one attached hydrogen (secondary N) is 1. The number of hydrogen-bond donors (Lipinski definition) is 1. The highest BCUT2D eigenvalue weighted by Crippen LogP contribution is 2.48. The van der Waals surface area contributed by atoms with Crippen molar-refractivity contribution in [2.75, 3.05) is 31.1 Å². The molecule has 2 aromatic carbocycles. The lowest BCUT2D eigenvalue weighted by molar-refractivity contribution is -0.137. The molecule has 3 heterocycles. The molecule has 2 aliphatic heterocycles.